The summed E-state index contributed by atoms with van der Waals surface area (Å²) in [6.45, 7) is 2.13. The first-order valence-corrected chi connectivity index (χ1v) is 8.18. The molecule has 0 unspecified atom stereocenters. The van der Waals surface area contributed by atoms with Gasteiger partial charge in [-0.25, -0.2) is 4.98 Å². The number of halogens is 1. The SMILES string of the molecule is CCSc1ncc(-c2ccccc2)n1-c1ccc(Cl)cc1. The summed E-state index contributed by atoms with van der Waals surface area (Å²) in [5.74, 6) is 0.985. The summed E-state index contributed by atoms with van der Waals surface area (Å²) in [6, 6.07) is 18.2. The monoisotopic (exact) mass is 314 g/mol. The van der Waals surface area contributed by atoms with Gasteiger partial charge in [-0.1, -0.05) is 60.6 Å². The van der Waals surface area contributed by atoms with Crippen LogP contribution in [0, 0.1) is 0 Å². The summed E-state index contributed by atoms with van der Waals surface area (Å²) in [7, 11) is 0. The minimum absolute atomic E-state index is 0.741. The van der Waals surface area contributed by atoms with Crippen molar-refractivity contribution in [3.8, 4) is 16.9 Å². The lowest BCUT2D eigenvalue weighted by Crippen LogP contribution is -1.99. The van der Waals surface area contributed by atoms with E-state index < -0.39 is 0 Å². The maximum atomic E-state index is 6.00. The Bertz CT molecular complexity index is 720. The molecular formula is C17H15ClN2S. The van der Waals surface area contributed by atoms with Gasteiger partial charge in [-0.05, 0) is 30.0 Å². The Kier molecular flexibility index (Phi) is 4.32. The maximum Gasteiger partial charge on any atom is 0.173 e. The second-order valence-electron chi connectivity index (χ2n) is 4.54. The highest BCUT2D eigenvalue weighted by atomic mass is 35.5. The zero-order valence-electron chi connectivity index (χ0n) is 11.7. The van der Waals surface area contributed by atoms with Crippen molar-refractivity contribution in [3.63, 3.8) is 0 Å². The van der Waals surface area contributed by atoms with Crippen molar-refractivity contribution < 1.29 is 0 Å². The van der Waals surface area contributed by atoms with Gasteiger partial charge < -0.3 is 0 Å². The van der Waals surface area contributed by atoms with Crippen molar-refractivity contribution in [3.05, 3.63) is 65.8 Å². The van der Waals surface area contributed by atoms with Crippen LogP contribution in [0.4, 0.5) is 0 Å². The first-order chi connectivity index (χ1) is 10.3. The summed E-state index contributed by atoms with van der Waals surface area (Å²) in [5, 5.41) is 1.74. The number of rotatable bonds is 4. The van der Waals surface area contributed by atoms with E-state index >= 15 is 0 Å². The minimum atomic E-state index is 0.741. The van der Waals surface area contributed by atoms with E-state index in [1.165, 1.54) is 0 Å². The predicted octanol–water partition coefficient (Wildman–Crippen LogP) is 5.30. The second kappa shape index (κ2) is 6.37. The van der Waals surface area contributed by atoms with Crippen molar-refractivity contribution in [1.29, 1.82) is 0 Å². The van der Waals surface area contributed by atoms with E-state index in [4.69, 9.17) is 11.6 Å². The highest BCUT2D eigenvalue weighted by molar-refractivity contribution is 7.99. The molecule has 4 heteroatoms. The Morgan fingerprint density at radius 2 is 1.76 bits per heavy atom. The van der Waals surface area contributed by atoms with Crippen LogP contribution in [-0.4, -0.2) is 15.3 Å². The normalized spacial score (nSPS) is 10.8. The third kappa shape index (κ3) is 2.99. The van der Waals surface area contributed by atoms with E-state index in [9.17, 15) is 0 Å². The molecule has 106 valence electrons. The van der Waals surface area contributed by atoms with Gasteiger partial charge in [0.25, 0.3) is 0 Å². The Balaban J connectivity index is 2.16. The summed E-state index contributed by atoms with van der Waals surface area (Å²) in [4.78, 5) is 4.57. The van der Waals surface area contributed by atoms with Gasteiger partial charge in [-0.3, -0.25) is 4.57 Å². The Morgan fingerprint density at radius 3 is 2.43 bits per heavy atom. The van der Waals surface area contributed by atoms with Crippen molar-refractivity contribution in [2.75, 3.05) is 5.75 Å². The lowest BCUT2D eigenvalue weighted by atomic mass is 10.1. The topological polar surface area (TPSA) is 17.8 Å². The van der Waals surface area contributed by atoms with Crippen LogP contribution < -0.4 is 0 Å². The largest absolute Gasteiger partial charge is 0.287 e. The molecular weight excluding hydrogens is 300 g/mol. The van der Waals surface area contributed by atoms with E-state index in [1.807, 2.05) is 48.7 Å². The van der Waals surface area contributed by atoms with Gasteiger partial charge in [0, 0.05) is 16.3 Å². The third-order valence-corrected chi connectivity index (χ3v) is 4.24. The molecule has 0 aliphatic rings. The number of aromatic nitrogens is 2. The fraction of sp³-hybridized carbons (Fsp3) is 0.118. The molecule has 0 amide bonds. The van der Waals surface area contributed by atoms with Crippen molar-refractivity contribution in [1.82, 2.24) is 9.55 Å². The average Bonchev–Trinajstić information content (AvgIpc) is 2.93. The van der Waals surface area contributed by atoms with Crippen molar-refractivity contribution in [2.45, 2.75) is 12.1 Å². The molecule has 0 aliphatic carbocycles. The standard InChI is InChI=1S/C17H15ClN2S/c1-2-21-17-19-12-16(13-6-4-3-5-7-13)20(17)15-10-8-14(18)9-11-15/h3-12H,2H2,1H3. The molecule has 0 N–H and O–H groups in total. The highest BCUT2D eigenvalue weighted by Crippen LogP contribution is 2.30. The van der Waals surface area contributed by atoms with Gasteiger partial charge in [0.15, 0.2) is 5.16 Å². The Morgan fingerprint density at radius 1 is 1.05 bits per heavy atom. The summed E-state index contributed by atoms with van der Waals surface area (Å²) in [6.07, 6.45) is 1.93. The molecule has 0 saturated heterocycles. The predicted molar refractivity (Wildman–Crippen MR) is 90.4 cm³/mol. The summed E-state index contributed by atoms with van der Waals surface area (Å²) >= 11 is 7.74. The number of imidazole rings is 1. The zero-order valence-corrected chi connectivity index (χ0v) is 13.2. The van der Waals surface area contributed by atoms with Crippen LogP contribution in [0.2, 0.25) is 5.02 Å². The minimum Gasteiger partial charge on any atom is -0.287 e. The van der Waals surface area contributed by atoms with Gasteiger partial charge in [-0.15, -0.1) is 0 Å². The highest BCUT2D eigenvalue weighted by Gasteiger charge is 2.13. The van der Waals surface area contributed by atoms with Crippen LogP contribution >= 0.6 is 23.4 Å². The Labute approximate surface area is 133 Å². The molecule has 2 nitrogen and oxygen atoms in total. The lowest BCUT2D eigenvalue weighted by molar-refractivity contribution is 0.901. The van der Waals surface area contributed by atoms with Crippen molar-refractivity contribution in [2.24, 2.45) is 0 Å². The van der Waals surface area contributed by atoms with Crippen LogP contribution in [0.3, 0.4) is 0 Å². The first-order valence-electron chi connectivity index (χ1n) is 6.81. The van der Waals surface area contributed by atoms with Crippen LogP contribution in [0.5, 0.6) is 0 Å². The van der Waals surface area contributed by atoms with E-state index in [-0.39, 0.29) is 0 Å². The van der Waals surface area contributed by atoms with E-state index in [2.05, 4.69) is 28.6 Å². The number of hydrogen-bond donors (Lipinski definition) is 0. The first kappa shape index (κ1) is 14.2. The number of benzene rings is 2. The molecule has 1 heterocycles. The molecule has 3 rings (SSSR count). The fourth-order valence-corrected chi connectivity index (χ4v) is 3.06. The lowest BCUT2D eigenvalue weighted by Gasteiger charge is -2.11. The van der Waals surface area contributed by atoms with E-state index in [0.29, 0.717) is 0 Å². The molecule has 0 aliphatic heterocycles. The third-order valence-electron chi connectivity index (χ3n) is 3.16. The molecule has 0 bridgehead atoms. The molecule has 0 fully saturated rings. The van der Waals surface area contributed by atoms with Crippen LogP contribution in [0.25, 0.3) is 16.9 Å². The molecule has 0 spiro atoms. The summed E-state index contributed by atoms with van der Waals surface area (Å²) in [5.41, 5.74) is 3.32. The van der Waals surface area contributed by atoms with Crippen molar-refractivity contribution >= 4 is 23.4 Å². The molecule has 0 radical (unpaired) electrons. The molecule has 3 aromatic rings. The smallest absolute Gasteiger partial charge is 0.173 e. The van der Waals surface area contributed by atoms with Gasteiger partial charge in [0.05, 0.1) is 11.9 Å². The molecule has 2 aromatic carbocycles. The fourth-order valence-electron chi connectivity index (χ4n) is 2.22. The molecule has 1 aromatic heterocycles. The molecule has 0 saturated carbocycles. The molecule has 0 atom stereocenters. The average molecular weight is 315 g/mol. The number of thioether (sulfide) groups is 1. The zero-order chi connectivity index (χ0) is 14.7. The van der Waals surface area contributed by atoms with Gasteiger partial charge in [0.1, 0.15) is 0 Å². The second-order valence-corrected chi connectivity index (χ2v) is 6.20. The van der Waals surface area contributed by atoms with Gasteiger partial charge in [-0.2, -0.15) is 0 Å². The van der Waals surface area contributed by atoms with Crippen LogP contribution in [-0.2, 0) is 0 Å². The van der Waals surface area contributed by atoms with Gasteiger partial charge in [0.2, 0.25) is 0 Å². The summed E-state index contributed by atoms with van der Waals surface area (Å²) < 4.78 is 2.18. The van der Waals surface area contributed by atoms with Crippen LogP contribution in [0.15, 0.2) is 66.0 Å². The van der Waals surface area contributed by atoms with Crippen LogP contribution in [0.1, 0.15) is 6.92 Å². The number of hydrogen-bond acceptors (Lipinski definition) is 2. The maximum absolute atomic E-state index is 6.00. The van der Waals surface area contributed by atoms with E-state index in [1.54, 1.807) is 11.8 Å². The number of nitrogens with zero attached hydrogens (tertiary/aromatic N) is 2. The van der Waals surface area contributed by atoms with Gasteiger partial charge >= 0.3 is 0 Å². The Hall–Kier alpha value is -1.71. The van der Waals surface area contributed by atoms with E-state index in [0.717, 1.165) is 32.9 Å². The quantitative estimate of drug-likeness (QED) is 0.608. The molecule has 21 heavy (non-hydrogen) atoms.